The van der Waals surface area contributed by atoms with Crippen LogP contribution in [0.25, 0.3) is 49.4 Å². The minimum atomic E-state index is -2.81. The molecule has 0 saturated heterocycles. The maximum atomic E-state index is 8.99. The third-order valence-corrected chi connectivity index (χ3v) is 16.8. The highest BCUT2D eigenvalue weighted by Crippen LogP contribution is 2.38. The normalized spacial score (nSPS) is 11.9. The van der Waals surface area contributed by atoms with Crippen molar-refractivity contribution in [2.45, 2.75) is 0 Å². The van der Waals surface area contributed by atoms with Crippen molar-refractivity contribution in [1.82, 2.24) is 4.57 Å². The SMILES string of the molecule is N=C(c1ccccc1)c1ccccc1/N=C/c1cccc(-n2c3ccc([Si](c4ccccc4)(c4ccccc4)c4ccccc4)cc3c3cc4oc5ccccc5c4cc32)c1. The first-order valence-corrected chi connectivity index (χ1v) is 22.6. The molecule has 0 aliphatic rings. The van der Waals surface area contributed by atoms with Crippen LogP contribution in [0.1, 0.15) is 16.7 Å². The number of aliphatic imine (C=N–C) groups is 1. The van der Waals surface area contributed by atoms with E-state index in [1.165, 1.54) is 26.1 Å². The summed E-state index contributed by atoms with van der Waals surface area (Å²) < 4.78 is 8.94. The van der Waals surface area contributed by atoms with Crippen molar-refractivity contribution < 1.29 is 4.42 Å². The van der Waals surface area contributed by atoms with E-state index in [1.54, 1.807) is 0 Å². The van der Waals surface area contributed by atoms with Crippen LogP contribution in [0.3, 0.4) is 0 Å². The highest BCUT2D eigenvalue weighted by Gasteiger charge is 2.41. The van der Waals surface area contributed by atoms with E-state index in [0.717, 1.165) is 66.4 Å². The van der Waals surface area contributed by atoms with E-state index < -0.39 is 8.07 Å². The molecular formula is C56H39N3OSi. The summed E-state index contributed by atoms with van der Waals surface area (Å²) in [6.45, 7) is 0. The first-order valence-electron chi connectivity index (χ1n) is 20.6. The summed E-state index contributed by atoms with van der Waals surface area (Å²) in [5.41, 5.74) is 8.81. The number of nitrogens with zero attached hydrogens (tertiary/aromatic N) is 2. The molecule has 0 unspecified atom stereocenters. The molecule has 0 spiro atoms. The number of fused-ring (bicyclic) bond motifs is 6. The maximum absolute atomic E-state index is 8.99. The van der Waals surface area contributed by atoms with Gasteiger partial charge < -0.3 is 8.98 Å². The fourth-order valence-electron chi connectivity index (χ4n) is 9.26. The molecule has 11 aromatic rings. The maximum Gasteiger partial charge on any atom is 0.179 e. The van der Waals surface area contributed by atoms with Crippen molar-refractivity contribution in [2.24, 2.45) is 4.99 Å². The number of rotatable bonds is 9. The van der Waals surface area contributed by atoms with E-state index in [4.69, 9.17) is 14.8 Å². The highest BCUT2D eigenvalue weighted by atomic mass is 28.3. The molecule has 0 bridgehead atoms. The topological polar surface area (TPSA) is 54.3 Å². The zero-order valence-electron chi connectivity index (χ0n) is 33.2. The molecule has 0 radical (unpaired) electrons. The predicted octanol–water partition coefficient (Wildman–Crippen LogP) is 11.2. The molecule has 288 valence electrons. The molecule has 9 aromatic carbocycles. The van der Waals surface area contributed by atoms with Gasteiger partial charge in [0, 0.05) is 44.6 Å². The average Bonchev–Trinajstić information content (AvgIpc) is 3.86. The summed E-state index contributed by atoms with van der Waals surface area (Å²) in [4.78, 5) is 4.98. The van der Waals surface area contributed by atoms with Gasteiger partial charge in [-0.1, -0.05) is 182 Å². The van der Waals surface area contributed by atoms with Crippen LogP contribution in [0, 0.1) is 5.41 Å². The van der Waals surface area contributed by atoms with E-state index >= 15 is 0 Å². The number of para-hydroxylation sites is 2. The lowest BCUT2D eigenvalue weighted by atomic mass is 10.0. The van der Waals surface area contributed by atoms with Gasteiger partial charge in [0.2, 0.25) is 0 Å². The van der Waals surface area contributed by atoms with Crippen LogP contribution in [-0.4, -0.2) is 24.6 Å². The van der Waals surface area contributed by atoms with E-state index in [1.807, 2.05) is 72.9 Å². The Balaban J connectivity index is 1.13. The van der Waals surface area contributed by atoms with Gasteiger partial charge in [0.25, 0.3) is 0 Å². The Hall–Kier alpha value is -7.86. The molecule has 0 amide bonds. The summed E-state index contributed by atoms with van der Waals surface area (Å²) in [6, 6.07) is 79.6. The van der Waals surface area contributed by atoms with Crippen LogP contribution in [0.15, 0.2) is 234 Å². The zero-order valence-corrected chi connectivity index (χ0v) is 34.2. The van der Waals surface area contributed by atoms with Crippen LogP contribution in [0.2, 0.25) is 0 Å². The third kappa shape index (κ3) is 6.14. The Labute approximate surface area is 354 Å². The van der Waals surface area contributed by atoms with Gasteiger partial charge in [0.05, 0.1) is 22.4 Å². The summed E-state index contributed by atoms with van der Waals surface area (Å²) in [5, 5.41) is 18.8. The van der Waals surface area contributed by atoms with E-state index in [2.05, 4.69) is 162 Å². The predicted molar refractivity (Wildman–Crippen MR) is 258 cm³/mol. The second-order valence-electron chi connectivity index (χ2n) is 15.5. The molecular weight excluding hydrogens is 759 g/mol. The third-order valence-electron chi connectivity index (χ3n) is 12.0. The number of aromatic nitrogens is 1. The lowest BCUT2D eigenvalue weighted by molar-refractivity contribution is 0.669. The van der Waals surface area contributed by atoms with Gasteiger partial charge in [-0.3, -0.25) is 10.4 Å². The van der Waals surface area contributed by atoms with Crippen LogP contribution in [0.5, 0.6) is 0 Å². The Morgan fingerprint density at radius 2 is 1.07 bits per heavy atom. The van der Waals surface area contributed by atoms with E-state index in [9.17, 15) is 0 Å². The monoisotopic (exact) mass is 797 g/mol. The van der Waals surface area contributed by atoms with Crippen LogP contribution < -0.4 is 20.7 Å². The largest absolute Gasteiger partial charge is 0.456 e. The molecule has 2 heterocycles. The van der Waals surface area contributed by atoms with Crippen LogP contribution in [-0.2, 0) is 0 Å². The highest BCUT2D eigenvalue weighted by molar-refractivity contribution is 7.20. The van der Waals surface area contributed by atoms with Crippen LogP contribution >= 0.6 is 0 Å². The van der Waals surface area contributed by atoms with Gasteiger partial charge >= 0.3 is 0 Å². The molecule has 0 aliphatic heterocycles. The molecule has 11 rings (SSSR count). The molecule has 0 aliphatic carbocycles. The second-order valence-corrected chi connectivity index (χ2v) is 19.3. The van der Waals surface area contributed by atoms with Crippen molar-refractivity contribution in [3.05, 3.63) is 241 Å². The summed E-state index contributed by atoms with van der Waals surface area (Å²) in [6.07, 6.45) is 1.91. The molecule has 1 N–H and O–H groups in total. The smallest absolute Gasteiger partial charge is 0.179 e. The molecule has 0 saturated carbocycles. The van der Waals surface area contributed by atoms with Gasteiger partial charge in [-0.15, -0.1) is 0 Å². The quantitative estimate of drug-likeness (QED) is 0.0883. The van der Waals surface area contributed by atoms with Gasteiger partial charge in [0.15, 0.2) is 8.07 Å². The molecule has 5 heteroatoms. The number of benzene rings is 9. The zero-order chi connectivity index (χ0) is 40.8. The molecule has 0 atom stereocenters. The fraction of sp³-hybridized carbons (Fsp3) is 0. The first-order chi connectivity index (χ1) is 30.2. The van der Waals surface area contributed by atoms with Crippen molar-refractivity contribution in [3.8, 4) is 5.69 Å². The minimum Gasteiger partial charge on any atom is -0.456 e. The van der Waals surface area contributed by atoms with Gasteiger partial charge in [0.1, 0.15) is 11.2 Å². The Bertz CT molecular complexity index is 3330. The summed E-state index contributed by atoms with van der Waals surface area (Å²) >= 11 is 0. The Morgan fingerprint density at radius 3 is 1.77 bits per heavy atom. The van der Waals surface area contributed by atoms with Crippen molar-refractivity contribution in [3.63, 3.8) is 0 Å². The Kier molecular flexibility index (Phi) is 8.95. The number of nitrogens with one attached hydrogen (secondary N) is 1. The van der Waals surface area contributed by atoms with Gasteiger partial charge in [-0.2, -0.15) is 0 Å². The minimum absolute atomic E-state index is 0.448. The van der Waals surface area contributed by atoms with Crippen LogP contribution in [0.4, 0.5) is 5.69 Å². The number of hydrogen-bond donors (Lipinski definition) is 1. The fourth-order valence-corrected chi connectivity index (χ4v) is 14.0. The van der Waals surface area contributed by atoms with Crippen molar-refractivity contribution >= 4 is 90.2 Å². The van der Waals surface area contributed by atoms with E-state index in [0.29, 0.717) is 5.71 Å². The van der Waals surface area contributed by atoms with Gasteiger partial charge in [-0.25, -0.2) is 0 Å². The standard InChI is InChI=1S/C56H39N3OSi/c57-56(40-19-5-1-6-20-40)47-29-13-15-30-51(47)58-38-39-18-17-21-41(34-39)59-52-33-32-45(35-48(52)49-37-55-50(36-53(49)59)46-28-14-16-31-54(46)60-55)61(42-22-7-2-8-23-42,43-24-9-3-10-25-43)44-26-11-4-12-27-44/h1-38,57H/b57-56?,58-38+. The molecule has 0 fully saturated rings. The Morgan fingerprint density at radius 1 is 0.459 bits per heavy atom. The average molecular weight is 798 g/mol. The second kappa shape index (κ2) is 15.1. The lowest BCUT2D eigenvalue weighted by Crippen LogP contribution is -2.74. The summed E-state index contributed by atoms with van der Waals surface area (Å²) in [5.74, 6) is 0. The van der Waals surface area contributed by atoms with Crippen molar-refractivity contribution in [1.29, 1.82) is 5.41 Å². The van der Waals surface area contributed by atoms with E-state index in [-0.39, 0.29) is 0 Å². The first kappa shape index (κ1) is 36.2. The molecule has 61 heavy (non-hydrogen) atoms. The van der Waals surface area contributed by atoms with Crippen molar-refractivity contribution in [2.75, 3.05) is 0 Å². The molecule has 2 aromatic heterocycles. The molecule has 4 nitrogen and oxygen atoms in total. The lowest BCUT2D eigenvalue weighted by Gasteiger charge is -2.34. The summed E-state index contributed by atoms with van der Waals surface area (Å²) in [7, 11) is -2.81. The van der Waals surface area contributed by atoms with Gasteiger partial charge in [-0.05, 0) is 68.8 Å². The number of furan rings is 1. The number of hydrogen-bond acceptors (Lipinski definition) is 3.